The lowest BCUT2D eigenvalue weighted by Gasteiger charge is -2.34. The summed E-state index contributed by atoms with van der Waals surface area (Å²) in [5, 5.41) is 3.47. The molecule has 1 atom stereocenters. The summed E-state index contributed by atoms with van der Waals surface area (Å²) in [7, 11) is 3.23. The van der Waals surface area contributed by atoms with E-state index >= 15 is 0 Å². The van der Waals surface area contributed by atoms with Gasteiger partial charge in [-0.15, -0.1) is 0 Å². The van der Waals surface area contributed by atoms with Gasteiger partial charge >= 0.3 is 6.09 Å². The Hall–Kier alpha value is -2.11. The van der Waals surface area contributed by atoms with Gasteiger partial charge in [-0.2, -0.15) is 0 Å². The second-order valence-corrected chi connectivity index (χ2v) is 6.98. The molecule has 1 amide bonds. The molecular weight excluding hydrogens is 308 g/mol. The number of benzene rings is 1. The lowest BCUT2D eigenvalue weighted by molar-refractivity contribution is 0.0206. The number of methoxy groups -OCH3 is 2. The molecule has 1 saturated heterocycles. The van der Waals surface area contributed by atoms with E-state index in [1.807, 2.05) is 39.0 Å². The predicted molar refractivity (Wildman–Crippen MR) is 94.0 cm³/mol. The van der Waals surface area contributed by atoms with Crippen LogP contribution in [-0.4, -0.2) is 49.9 Å². The van der Waals surface area contributed by atoms with Gasteiger partial charge < -0.3 is 24.4 Å². The Morgan fingerprint density at radius 2 is 1.92 bits per heavy atom. The zero-order chi connectivity index (χ0) is 17.7. The number of amides is 1. The number of anilines is 1. The molecule has 0 aromatic heterocycles. The summed E-state index contributed by atoms with van der Waals surface area (Å²) in [6.45, 7) is 7.01. The lowest BCUT2D eigenvalue weighted by Crippen LogP contribution is -2.46. The minimum absolute atomic E-state index is 0.185. The van der Waals surface area contributed by atoms with Crippen molar-refractivity contribution in [3.05, 3.63) is 18.2 Å². The monoisotopic (exact) mass is 336 g/mol. The van der Waals surface area contributed by atoms with Crippen LogP contribution >= 0.6 is 0 Å². The van der Waals surface area contributed by atoms with E-state index in [1.54, 1.807) is 19.1 Å². The molecule has 6 heteroatoms. The molecule has 0 radical (unpaired) electrons. The summed E-state index contributed by atoms with van der Waals surface area (Å²) >= 11 is 0. The second-order valence-electron chi connectivity index (χ2n) is 6.98. The summed E-state index contributed by atoms with van der Waals surface area (Å²) in [6, 6.07) is 5.92. The highest BCUT2D eigenvalue weighted by Crippen LogP contribution is 2.30. The average molecular weight is 336 g/mol. The van der Waals surface area contributed by atoms with Gasteiger partial charge in [0.2, 0.25) is 0 Å². The third kappa shape index (κ3) is 4.94. The molecule has 1 aliphatic rings. The number of rotatable bonds is 4. The zero-order valence-corrected chi connectivity index (χ0v) is 15.2. The Balaban J connectivity index is 1.99. The first-order chi connectivity index (χ1) is 11.3. The minimum atomic E-state index is -0.471. The van der Waals surface area contributed by atoms with Crippen LogP contribution in [0.2, 0.25) is 0 Å². The van der Waals surface area contributed by atoms with Gasteiger partial charge in [-0.25, -0.2) is 4.79 Å². The van der Waals surface area contributed by atoms with E-state index in [-0.39, 0.29) is 12.1 Å². The number of nitrogens with one attached hydrogen (secondary N) is 1. The smallest absolute Gasteiger partial charge is 0.410 e. The van der Waals surface area contributed by atoms with Gasteiger partial charge in [0.1, 0.15) is 5.60 Å². The van der Waals surface area contributed by atoms with Crippen LogP contribution in [-0.2, 0) is 4.74 Å². The predicted octanol–water partition coefficient (Wildman–Crippen LogP) is 3.52. The summed E-state index contributed by atoms with van der Waals surface area (Å²) < 4.78 is 16.0. The van der Waals surface area contributed by atoms with Gasteiger partial charge in [-0.1, -0.05) is 0 Å². The molecule has 6 nitrogen and oxygen atoms in total. The molecule has 1 aliphatic heterocycles. The summed E-state index contributed by atoms with van der Waals surface area (Å²) in [5.41, 5.74) is 0.476. The van der Waals surface area contributed by atoms with Crippen LogP contribution in [0.25, 0.3) is 0 Å². The highest BCUT2D eigenvalue weighted by Gasteiger charge is 2.27. The van der Waals surface area contributed by atoms with Crippen molar-refractivity contribution in [1.82, 2.24) is 4.90 Å². The lowest BCUT2D eigenvalue weighted by atomic mass is 10.1. The Labute approximate surface area is 144 Å². The first-order valence-electron chi connectivity index (χ1n) is 8.29. The van der Waals surface area contributed by atoms with E-state index in [9.17, 15) is 4.79 Å². The maximum Gasteiger partial charge on any atom is 0.410 e. The molecule has 1 aromatic carbocycles. The van der Waals surface area contributed by atoms with E-state index in [4.69, 9.17) is 14.2 Å². The van der Waals surface area contributed by atoms with Crippen molar-refractivity contribution in [2.75, 3.05) is 32.6 Å². The molecule has 0 aliphatic carbocycles. The highest BCUT2D eigenvalue weighted by atomic mass is 16.6. The van der Waals surface area contributed by atoms with Crippen molar-refractivity contribution < 1.29 is 19.0 Å². The van der Waals surface area contributed by atoms with Gasteiger partial charge in [0.05, 0.1) is 14.2 Å². The zero-order valence-electron chi connectivity index (χ0n) is 15.2. The number of piperidine rings is 1. The fourth-order valence-electron chi connectivity index (χ4n) is 2.75. The van der Waals surface area contributed by atoms with Crippen LogP contribution in [0.15, 0.2) is 18.2 Å². The van der Waals surface area contributed by atoms with Crippen LogP contribution < -0.4 is 14.8 Å². The molecule has 1 unspecified atom stereocenters. The van der Waals surface area contributed by atoms with Gasteiger partial charge in [0.25, 0.3) is 0 Å². The first kappa shape index (κ1) is 18.2. The third-order valence-electron chi connectivity index (χ3n) is 3.83. The van der Waals surface area contributed by atoms with E-state index < -0.39 is 5.60 Å². The van der Waals surface area contributed by atoms with E-state index in [0.717, 1.165) is 25.1 Å². The van der Waals surface area contributed by atoms with E-state index in [2.05, 4.69) is 5.32 Å². The van der Waals surface area contributed by atoms with Crippen LogP contribution in [0.3, 0.4) is 0 Å². The molecule has 2 rings (SSSR count). The van der Waals surface area contributed by atoms with Crippen molar-refractivity contribution in [2.24, 2.45) is 0 Å². The molecular formula is C18H28N2O4. The van der Waals surface area contributed by atoms with Gasteiger partial charge in [-0.3, -0.25) is 0 Å². The summed E-state index contributed by atoms with van der Waals surface area (Å²) in [4.78, 5) is 14.0. The molecule has 134 valence electrons. The van der Waals surface area contributed by atoms with Crippen LogP contribution in [0, 0.1) is 0 Å². The van der Waals surface area contributed by atoms with Crippen molar-refractivity contribution >= 4 is 11.8 Å². The second kappa shape index (κ2) is 7.64. The van der Waals surface area contributed by atoms with Crippen LogP contribution in [0.4, 0.5) is 10.5 Å². The quantitative estimate of drug-likeness (QED) is 0.912. The van der Waals surface area contributed by atoms with Crippen molar-refractivity contribution in [3.8, 4) is 11.5 Å². The normalized spacial score (nSPS) is 18.0. The van der Waals surface area contributed by atoms with Gasteiger partial charge in [0.15, 0.2) is 11.5 Å². The standard InChI is InChI=1S/C18H28N2O4/c1-18(2,3)24-17(21)20-10-6-7-14(12-20)19-13-8-9-15(22-4)16(11-13)23-5/h8-9,11,14,19H,6-7,10,12H2,1-5H3. The molecule has 0 spiro atoms. The third-order valence-corrected chi connectivity index (χ3v) is 3.83. The number of hydrogen-bond acceptors (Lipinski definition) is 5. The van der Waals surface area contributed by atoms with E-state index in [1.165, 1.54) is 0 Å². The van der Waals surface area contributed by atoms with Gasteiger partial charge in [0, 0.05) is 30.9 Å². The number of likely N-dealkylation sites (tertiary alicyclic amines) is 1. The number of carbonyl (C=O) groups is 1. The Kier molecular flexibility index (Phi) is 5.80. The fourth-order valence-corrected chi connectivity index (χ4v) is 2.75. The molecule has 1 fully saturated rings. The number of ether oxygens (including phenoxy) is 3. The largest absolute Gasteiger partial charge is 0.493 e. The van der Waals surface area contributed by atoms with Crippen molar-refractivity contribution in [3.63, 3.8) is 0 Å². The fraction of sp³-hybridized carbons (Fsp3) is 0.611. The Morgan fingerprint density at radius 1 is 1.21 bits per heavy atom. The number of hydrogen-bond donors (Lipinski definition) is 1. The SMILES string of the molecule is COc1ccc(NC2CCCN(C(=O)OC(C)(C)C)C2)cc1OC. The maximum atomic E-state index is 12.2. The molecule has 1 heterocycles. The number of carbonyl (C=O) groups excluding carboxylic acids is 1. The summed E-state index contributed by atoms with van der Waals surface area (Å²) in [5.74, 6) is 1.38. The van der Waals surface area contributed by atoms with E-state index in [0.29, 0.717) is 18.0 Å². The molecule has 0 bridgehead atoms. The van der Waals surface area contributed by atoms with Crippen molar-refractivity contribution in [2.45, 2.75) is 45.3 Å². The highest BCUT2D eigenvalue weighted by molar-refractivity contribution is 5.68. The summed E-state index contributed by atoms with van der Waals surface area (Å²) in [6.07, 6.45) is 1.71. The topological polar surface area (TPSA) is 60.0 Å². The van der Waals surface area contributed by atoms with Crippen molar-refractivity contribution in [1.29, 1.82) is 0 Å². The minimum Gasteiger partial charge on any atom is -0.493 e. The first-order valence-corrected chi connectivity index (χ1v) is 8.29. The Morgan fingerprint density at radius 3 is 2.54 bits per heavy atom. The molecule has 1 N–H and O–H groups in total. The van der Waals surface area contributed by atoms with Crippen LogP contribution in [0.1, 0.15) is 33.6 Å². The number of nitrogens with zero attached hydrogens (tertiary/aromatic N) is 1. The maximum absolute atomic E-state index is 12.2. The molecule has 24 heavy (non-hydrogen) atoms. The molecule has 0 saturated carbocycles. The van der Waals surface area contributed by atoms with Crippen LogP contribution in [0.5, 0.6) is 11.5 Å². The Bertz CT molecular complexity index is 569. The van der Waals surface area contributed by atoms with Gasteiger partial charge in [-0.05, 0) is 45.7 Å². The average Bonchev–Trinajstić information content (AvgIpc) is 2.53. The molecule has 1 aromatic rings.